The van der Waals surface area contributed by atoms with Crippen LogP contribution in [0.5, 0.6) is 0 Å². The molecule has 3 rings (SSSR count). The molecule has 0 bridgehead atoms. The third kappa shape index (κ3) is 2.55. The summed E-state index contributed by atoms with van der Waals surface area (Å²) in [5.41, 5.74) is 1.51. The maximum atomic E-state index is 12.9. The quantitative estimate of drug-likeness (QED) is 0.777. The van der Waals surface area contributed by atoms with E-state index in [1.165, 1.54) is 12.1 Å². The topological polar surface area (TPSA) is 61.8 Å². The lowest BCUT2D eigenvalue weighted by Gasteiger charge is -2.21. The zero-order chi connectivity index (χ0) is 14.9. The van der Waals surface area contributed by atoms with Crippen LogP contribution in [0, 0.1) is 5.82 Å². The lowest BCUT2D eigenvalue weighted by atomic mass is 9.93. The molecule has 0 radical (unpaired) electrons. The molecule has 0 amide bonds. The molecular formula is C16H14FN3O. The number of rotatable bonds is 3. The molecule has 1 atom stereocenters. The fraction of sp³-hybridized carbons (Fsp3) is 0.125. The highest BCUT2D eigenvalue weighted by Gasteiger charge is 2.28. The van der Waals surface area contributed by atoms with Crippen LogP contribution < -0.4 is 0 Å². The van der Waals surface area contributed by atoms with Gasteiger partial charge in [0.1, 0.15) is 11.4 Å². The van der Waals surface area contributed by atoms with Crippen molar-refractivity contribution in [2.24, 2.45) is 0 Å². The van der Waals surface area contributed by atoms with E-state index in [2.05, 4.69) is 15.2 Å². The van der Waals surface area contributed by atoms with Gasteiger partial charge >= 0.3 is 0 Å². The number of aromatic amines is 1. The molecule has 0 spiro atoms. The fourth-order valence-electron chi connectivity index (χ4n) is 2.17. The molecule has 1 aromatic carbocycles. The average Bonchev–Trinajstić information content (AvgIpc) is 2.99. The largest absolute Gasteiger partial charge is 0.379 e. The number of benzene rings is 1. The molecule has 2 N–H and O–H groups in total. The molecule has 2 aromatic heterocycles. The molecule has 106 valence electrons. The molecule has 0 aliphatic heterocycles. The first-order valence-corrected chi connectivity index (χ1v) is 6.52. The van der Waals surface area contributed by atoms with Crippen LogP contribution in [0.3, 0.4) is 0 Å². The summed E-state index contributed by atoms with van der Waals surface area (Å²) in [6.45, 7) is 1.68. The van der Waals surface area contributed by atoms with Gasteiger partial charge in [-0.2, -0.15) is 5.10 Å². The predicted octanol–water partition coefficient (Wildman–Crippen LogP) is 2.87. The number of hydrogen-bond donors (Lipinski definition) is 2. The van der Waals surface area contributed by atoms with Crippen molar-refractivity contribution in [3.05, 3.63) is 71.9 Å². The van der Waals surface area contributed by atoms with Gasteiger partial charge in [-0.25, -0.2) is 4.39 Å². The van der Waals surface area contributed by atoms with Crippen LogP contribution in [0.2, 0.25) is 0 Å². The molecule has 21 heavy (non-hydrogen) atoms. The zero-order valence-corrected chi connectivity index (χ0v) is 11.4. The van der Waals surface area contributed by atoms with Crippen molar-refractivity contribution in [3.63, 3.8) is 0 Å². The maximum Gasteiger partial charge on any atom is 0.128 e. The van der Waals surface area contributed by atoms with Gasteiger partial charge in [0.25, 0.3) is 0 Å². The van der Waals surface area contributed by atoms with E-state index in [-0.39, 0.29) is 5.82 Å². The van der Waals surface area contributed by atoms with Crippen molar-refractivity contribution in [1.29, 1.82) is 0 Å². The lowest BCUT2D eigenvalue weighted by Crippen LogP contribution is -2.23. The van der Waals surface area contributed by atoms with E-state index in [1.54, 1.807) is 49.6 Å². The Morgan fingerprint density at radius 2 is 1.76 bits per heavy atom. The molecule has 0 fully saturated rings. The van der Waals surface area contributed by atoms with Gasteiger partial charge in [0, 0.05) is 18.0 Å². The molecule has 0 aliphatic carbocycles. The van der Waals surface area contributed by atoms with Gasteiger partial charge in [-0.3, -0.25) is 10.1 Å². The summed E-state index contributed by atoms with van der Waals surface area (Å²) in [5, 5.41) is 17.7. The van der Waals surface area contributed by atoms with E-state index < -0.39 is 5.60 Å². The molecule has 3 aromatic rings. The lowest BCUT2D eigenvalue weighted by molar-refractivity contribution is 0.0972. The van der Waals surface area contributed by atoms with E-state index in [0.29, 0.717) is 17.0 Å². The van der Waals surface area contributed by atoms with Crippen LogP contribution in [-0.2, 0) is 5.60 Å². The van der Waals surface area contributed by atoms with Crippen molar-refractivity contribution in [1.82, 2.24) is 15.2 Å². The minimum atomic E-state index is -1.20. The maximum absolute atomic E-state index is 12.9. The highest BCUT2D eigenvalue weighted by molar-refractivity contribution is 5.59. The van der Waals surface area contributed by atoms with Crippen LogP contribution in [-0.4, -0.2) is 20.3 Å². The van der Waals surface area contributed by atoms with E-state index in [1.807, 2.05) is 0 Å². The molecule has 1 unspecified atom stereocenters. The number of halogens is 1. The van der Waals surface area contributed by atoms with Gasteiger partial charge in [0.2, 0.25) is 0 Å². The second-order valence-corrected chi connectivity index (χ2v) is 4.98. The highest BCUT2D eigenvalue weighted by atomic mass is 19.1. The summed E-state index contributed by atoms with van der Waals surface area (Å²) in [4.78, 5) is 3.94. The predicted molar refractivity (Wildman–Crippen MR) is 76.9 cm³/mol. The summed E-state index contributed by atoms with van der Waals surface area (Å²) in [7, 11) is 0. The molecule has 2 heterocycles. The van der Waals surface area contributed by atoms with Gasteiger partial charge in [0.15, 0.2) is 0 Å². The fourth-order valence-corrected chi connectivity index (χ4v) is 2.17. The molecule has 5 heteroatoms. The molecule has 0 saturated heterocycles. The van der Waals surface area contributed by atoms with Crippen LogP contribution >= 0.6 is 0 Å². The average molecular weight is 283 g/mol. The van der Waals surface area contributed by atoms with Gasteiger partial charge in [-0.1, -0.05) is 0 Å². The molecular weight excluding hydrogens is 269 g/mol. The minimum Gasteiger partial charge on any atom is -0.379 e. The number of hydrogen-bond acceptors (Lipinski definition) is 3. The van der Waals surface area contributed by atoms with Crippen LogP contribution in [0.15, 0.2) is 54.9 Å². The van der Waals surface area contributed by atoms with Crippen molar-refractivity contribution < 1.29 is 9.50 Å². The van der Waals surface area contributed by atoms with E-state index in [4.69, 9.17) is 0 Å². The second kappa shape index (κ2) is 5.10. The van der Waals surface area contributed by atoms with Crippen LogP contribution in [0.4, 0.5) is 4.39 Å². The smallest absolute Gasteiger partial charge is 0.128 e. The molecule has 0 aliphatic rings. The van der Waals surface area contributed by atoms with Gasteiger partial charge < -0.3 is 5.11 Å². The Labute approximate surface area is 121 Å². The Kier molecular flexibility index (Phi) is 3.27. The van der Waals surface area contributed by atoms with Gasteiger partial charge in [-0.05, 0) is 55.0 Å². The van der Waals surface area contributed by atoms with Crippen LogP contribution in [0.1, 0.15) is 18.2 Å². The van der Waals surface area contributed by atoms with E-state index >= 15 is 0 Å². The Hall–Kier alpha value is -2.53. The standard InChI is InChI=1S/C16H14FN3O/c1-16(21,12-6-8-18-9-7-12)15-10-14(19-20-15)11-2-4-13(17)5-3-11/h2-10,21H,1H3,(H,19,20). The number of pyridine rings is 1. The van der Waals surface area contributed by atoms with Gasteiger partial charge in [0.05, 0.1) is 11.4 Å². The monoisotopic (exact) mass is 283 g/mol. The van der Waals surface area contributed by atoms with Crippen molar-refractivity contribution in [2.45, 2.75) is 12.5 Å². The molecule has 4 nitrogen and oxygen atoms in total. The summed E-state index contributed by atoms with van der Waals surface area (Å²) in [6, 6.07) is 11.3. The highest BCUT2D eigenvalue weighted by Crippen LogP contribution is 2.29. The van der Waals surface area contributed by atoms with Crippen LogP contribution in [0.25, 0.3) is 11.3 Å². The van der Waals surface area contributed by atoms with Crippen molar-refractivity contribution >= 4 is 0 Å². The Balaban J connectivity index is 1.96. The number of H-pyrrole nitrogens is 1. The number of aromatic nitrogens is 3. The minimum absolute atomic E-state index is 0.293. The Morgan fingerprint density at radius 3 is 2.43 bits per heavy atom. The zero-order valence-electron chi connectivity index (χ0n) is 11.4. The van der Waals surface area contributed by atoms with Gasteiger partial charge in [-0.15, -0.1) is 0 Å². The number of nitrogens with zero attached hydrogens (tertiary/aromatic N) is 2. The number of aliphatic hydroxyl groups is 1. The first-order chi connectivity index (χ1) is 10.1. The summed E-state index contributed by atoms with van der Waals surface area (Å²) >= 11 is 0. The van der Waals surface area contributed by atoms with E-state index in [9.17, 15) is 9.50 Å². The first-order valence-electron chi connectivity index (χ1n) is 6.52. The SMILES string of the molecule is CC(O)(c1ccncc1)c1cc(-c2ccc(F)cc2)n[nH]1. The Bertz CT molecular complexity index is 736. The summed E-state index contributed by atoms with van der Waals surface area (Å²) in [5.74, 6) is -0.293. The Morgan fingerprint density at radius 1 is 1.10 bits per heavy atom. The molecule has 0 saturated carbocycles. The normalized spacial score (nSPS) is 13.9. The second-order valence-electron chi connectivity index (χ2n) is 4.98. The van der Waals surface area contributed by atoms with Crippen molar-refractivity contribution in [3.8, 4) is 11.3 Å². The van der Waals surface area contributed by atoms with Crippen molar-refractivity contribution in [2.75, 3.05) is 0 Å². The summed E-state index contributed by atoms with van der Waals surface area (Å²) in [6.07, 6.45) is 3.25. The third-order valence-corrected chi connectivity index (χ3v) is 3.48. The summed E-state index contributed by atoms with van der Waals surface area (Å²) < 4.78 is 12.9. The number of nitrogens with one attached hydrogen (secondary N) is 1. The van der Waals surface area contributed by atoms with E-state index in [0.717, 1.165) is 5.56 Å². The third-order valence-electron chi connectivity index (χ3n) is 3.48. The first kappa shape index (κ1) is 13.5.